The van der Waals surface area contributed by atoms with Gasteiger partial charge in [-0.05, 0) is 0 Å². The minimum Gasteiger partial charge on any atom is -0.185 e. The van der Waals surface area contributed by atoms with Crippen molar-refractivity contribution in [1.29, 1.82) is 0 Å². The molecule has 0 aliphatic heterocycles. The van der Waals surface area contributed by atoms with Gasteiger partial charge in [-0.25, -0.2) is 0 Å². The van der Waals surface area contributed by atoms with Gasteiger partial charge < -0.3 is 0 Å². The van der Waals surface area contributed by atoms with Gasteiger partial charge in [0.25, 0.3) is 0 Å². The second kappa shape index (κ2) is 9.80. The van der Waals surface area contributed by atoms with Crippen LogP contribution < -0.4 is 10.4 Å². The first-order valence-electron chi connectivity index (χ1n) is 8.61. The summed E-state index contributed by atoms with van der Waals surface area (Å²) in [7, 11) is -2.55. The molecule has 1 rings (SSSR count). The van der Waals surface area contributed by atoms with Gasteiger partial charge in [0, 0.05) is 32.7 Å². The van der Waals surface area contributed by atoms with Crippen molar-refractivity contribution in [3.05, 3.63) is 24.3 Å². The fourth-order valence-electron chi connectivity index (χ4n) is 3.73. The first kappa shape index (κ1) is 21.8. The van der Waals surface area contributed by atoms with E-state index in [1.165, 1.54) is 36.3 Å². The number of hydrogen-bond acceptors (Lipinski definition) is 0. The molecule has 0 saturated heterocycles. The first-order chi connectivity index (χ1) is 9.57. The van der Waals surface area contributed by atoms with E-state index in [0.717, 1.165) is 0 Å². The summed E-state index contributed by atoms with van der Waals surface area (Å²) in [4.78, 5) is 0. The predicted octanol–water partition coefficient (Wildman–Crippen LogP) is 4.92. The third-order valence-corrected chi connectivity index (χ3v) is 17.0. The van der Waals surface area contributed by atoms with Gasteiger partial charge in [0.15, 0.2) is 0 Å². The maximum absolute atomic E-state index is 3.96. The van der Waals surface area contributed by atoms with Crippen molar-refractivity contribution in [2.45, 2.75) is 77.8 Å². The van der Waals surface area contributed by atoms with Crippen LogP contribution in [0, 0.1) is 6.07 Å². The molecule has 0 aromatic heterocycles. The van der Waals surface area contributed by atoms with Crippen LogP contribution in [-0.4, -0.2) is 16.1 Å². The molecule has 0 fully saturated rings. The zero-order chi connectivity index (χ0) is 15.2. The van der Waals surface area contributed by atoms with E-state index in [-0.39, 0.29) is 32.7 Å². The monoisotopic (exact) mass is 394 g/mol. The second-order valence-electron chi connectivity index (χ2n) is 6.16. The van der Waals surface area contributed by atoms with Crippen molar-refractivity contribution in [2.24, 2.45) is 0 Å². The van der Waals surface area contributed by atoms with E-state index in [0.29, 0.717) is 0 Å². The second-order valence-corrected chi connectivity index (χ2v) is 16.6. The van der Waals surface area contributed by atoms with Crippen LogP contribution in [0.5, 0.6) is 0 Å². The molecule has 0 heterocycles. The molecule has 0 aliphatic rings. The van der Waals surface area contributed by atoms with Crippen molar-refractivity contribution < 1.29 is 32.7 Å². The minimum absolute atomic E-state index is 0. The van der Waals surface area contributed by atoms with Crippen LogP contribution in [0.4, 0.5) is 0 Å². The molecule has 1 aromatic carbocycles. The molecule has 0 atom stereocenters. The Balaban J connectivity index is 0.00000400. The van der Waals surface area contributed by atoms with Crippen LogP contribution in [-0.2, 0) is 32.7 Å². The summed E-state index contributed by atoms with van der Waals surface area (Å²) in [5.74, 6) is 0. The Labute approximate surface area is 160 Å². The SMILES string of the molecule is CC[Si](CC)(CC)c1[c-]c([Si](CC)(CC)CC)ccc1.[Y]. The van der Waals surface area contributed by atoms with Crippen molar-refractivity contribution >= 4 is 26.5 Å². The van der Waals surface area contributed by atoms with Crippen LogP contribution in [0.25, 0.3) is 0 Å². The Bertz CT molecular complexity index is 358. The molecule has 1 aromatic rings. The Kier molecular flexibility index (Phi) is 10.2. The molecule has 0 bridgehead atoms. The van der Waals surface area contributed by atoms with E-state index in [1.54, 1.807) is 10.4 Å². The predicted molar refractivity (Wildman–Crippen MR) is 98.9 cm³/mol. The van der Waals surface area contributed by atoms with Crippen molar-refractivity contribution in [3.8, 4) is 0 Å². The molecule has 0 nitrogen and oxygen atoms in total. The topological polar surface area (TPSA) is 0 Å². The van der Waals surface area contributed by atoms with Gasteiger partial charge in [-0.2, -0.15) is 34.6 Å². The summed E-state index contributed by atoms with van der Waals surface area (Å²) in [6.07, 6.45) is 0. The Hall–Kier alpha value is 0.758. The molecule has 0 saturated carbocycles. The molecule has 0 amide bonds. The maximum atomic E-state index is 3.96. The van der Waals surface area contributed by atoms with Crippen LogP contribution in [0.3, 0.4) is 0 Å². The van der Waals surface area contributed by atoms with E-state index >= 15 is 0 Å². The van der Waals surface area contributed by atoms with Gasteiger partial charge in [0.1, 0.15) is 0 Å². The van der Waals surface area contributed by atoms with Crippen LogP contribution in [0.15, 0.2) is 18.2 Å². The summed E-state index contributed by atoms with van der Waals surface area (Å²) in [6.45, 7) is 14.4. The normalized spacial score (nSPS) is 12.1. The summed E-state index contributed by atoms with van der Waals surface area (Å²) < 4.78 is 0. The molecule has 1 radical (unpaired) electrons. The molecular weight excluding hydrogens is 361 g/mol. The van der Waals surface area contributed by atoms with Crippen molar-refractivity contribution in [3.63, 3.8) is 0 Å². The van der Waals surface area contributed by atoms with E-state index in [9.17, 15) is 0 Å². The van der Waals surface area contributed by atoms with Crippen LogP contribution in [0.2, 0.25) is 36.3 Å². The fourth-order valence-corrected chi connectivity index (χ4v) is 10.8. The smallest absolute Gasteiger partial charge is 0.0595 e. The van der Waals surface area contributed by atoms with Gasteiger partial charge in [0.2, 0.25) is 0 Å². The molecule has 3 heteroatoms. The number of rotatable bonds is 8. The Morgan fingerprint density at radius 2 is 0.952 bits per heavy atom. The summed E-state index contributed by atoms with van der Waals surface area (Å²) in [5.41, 5.74) is 0. The first-order valence-corrected chi connectivity index (χ1v) is 13.9. The number of hydrogen-bond donors (Lipinski definition) is 0. The average molecular weight is 395 g/mol. The molecule has 0 aliphatic carbocycles. The quantitative estimate of drug-likeness (QED) is 0.434. The van der Waals surface area contributed by atoms with E-state index in [4.69, 9.17) is 0 Å². The Morgan fingerprint density at radius 1 is 0.667 bits per heavy atom. The molecule has 21 heavy (non-hydrogen) atoms. The van der Waals surface area contributed by atoms with Crippen LogP contribution >= 0.6 is 0 Å². The van der Waals surface area contributed by atoms with Gasteiger partial charge in [-0.1, -0.05) is 77.8 Å². The summed E-state index contributed by atoms with van der Waals surface area (Å²) in [6, 6.07) is 19.2. The van der Waals surface area contributed by atoms with Gasteiger partial charge in [0.05, 0.1) is 16.1 Å². The average Bonchev–Trinajstić information content (AvgIpc) is 2.52. The standard InChI is InChI=1S/C18H33Si2.Y/c1-7-19(8-2,9-3)17-14-13-15-18(16-17)20(10-4,11-5)12-6;/h13-15H,7-12H2,1-6H3;/q-1;. The van der Waals surface area contributed by atoms with Crippen LogP contribution in [0.1, 0.15) is 41.5 Å². The molecular formula is C18H33Si2Y-. The van der Waals surface area contributed by atoms with Crippen molar-refractivity contribution in [2.75, 3.05) is 0 Å². The molecule has 0 unspecified atom stereocenters. The maximum Gasteiger partial charge on any atom is 0.0595 e. The van der Waals surface area contributed by atoms with Gasteiger partial charge in [-0.15, -0.1) is 0 Å². The summed E-state index contributed by atoms with van der Waals surface area (Å²) >= 11 is 0. The molecule has 117 valence electrons. The zero-order valence-corrected chi connectivity index (χ0v) is 19.9. The number of benzene rings is 1. The van der Waals surface area contributed by atoms with E-state index in [1.807, 2.05) is 0 Å². The Morgan fingerprint density at radius 3 is 1.19 bits per heavy atom. The van der Waals surface area contributed by atoms with E-state index in [2.05, 4.69) is 65.8 Å². The largest absolute Gasteiger partial charge is 0.185 e. The van der Waals surface area contributed by atoms with Gasteiger partial charge in [-0.3, -0.25) is 0 Å². The molecule has 0 spiro atoms. The third-order valence-electron chi connectivity index (χ3n) is 6.00. The zero-order valence-electron chi connectivity index (χ0n) is 15.1. The molecule has 0 N–H and O–H groups in total. The van der Waals surface area contributed by atoms with E-state index < -0.39 is 16.1 Å². The van der Waals surface area contributed by atoms with Gasteiger partial charge >= 0.3 is 0 Å². The minimum atomic E-state index is -1.28. The fraction of sp³-hybridized carbons (Fsp3) is 0.667. The van der Waals surface area contributed by atoms with Crippen molar-refractivity contribution in [1.82, 2.24) is 0 Å². The third kappa shape index (κ3) is 4.40. The summed E-state index contributed by atoms with van der Waals surface area (Å²) in [5, 5.41) is 3.21.